The van der Waals surface area contributed by atoms with Crippen LogP contribution in [0.25, 0.3) is 0 Å². The molecule has 1 N–H and O–H groups in total. The van der Waals surface area contributed by atoms with E-state index >= 15 is 0 Å². The largest absolute Gasteiger partial charge is 0.493 e. The number of hydrogen-bond acceptors (Lipinski definition) is 3. The highest BCUT2D eigenvalue weighted by Gasteiger charge is 2.10. The van der Waals surface area contributed by atoms with Crippen LogP contribution in [-0.2, 0) is 6.54 Å². The van der Waals surface area contributed by atoms with Gasteiger partial charge in [0.15, 0.2) is 11.5 Å². The van der Waals surface area contributed by atoms with E-state index in [0.29, 0.717) is 12.6 Å². The van der Waals surface area contributed by atoms with E-state index in [0.717, 1.165) is 30.9 Å². The molecule has 3 nitrogen and oxygen atoms in total. The highest BCUT2D eigenvalue weighted by molar-refractivity contribution is 5.43. The van der Waals surface area contributed by atoms with Crippen LogP contribution in [-0.4, -0.2) is 13.7 Å². The average molecular weight is 313 g/mol. The Morgan fingerprint density at radius 3 is 2.43 bits per heavy atom. The monoisotopic (exact) mass is 313 g/mol. The molecule has 1 unspecified atom stereocenters. The minimum atomic E-state index is 0.359. The van der Waals surface area contributed by atoms with Gasteiger partial charge in [0.2, 0.25) is 0 Å². The summed E-state index contributed by atoms with van der Waals surface area (Å²) >= 11 is 0. The Morgan fingerprint density at radius 1 is 1.00 bits per heavy atom. The van der Waals surface area contributed by atoms with Crippen LogP contribution in [0.2, 0.25) is 0 Å². The van der Waals surface area contributed by atoms with E-state index in [2.05, 4.69) is 61.6 Å². The van der Waals surface area contributed by atoms with Crippen molar-refractivity contribution in [3.63, 3.8) is 0 Å². The molecule has 23 heavy (non-hydrogen) atoms. The predicted octanol–water partition coefficient (Wildman–Crippen LogP) is 4.72. The molecule has 0 aliphatic heterocycles. The predicted molar refractivity (Wildman–Crippen MR) is 95.1 cm³/mol. The molecule has 0 amide bonds. The number of ether oxygens (including phenoxy) is 2. The van der Waals surface area contributed by atoms with Gasteiger partial charge in [-0.2, -0.15) is 0 Å². The molecule has 0 spiro atoms. The lowest BCUT2D eigenvalue weighted by molar-refractivity contribution is 0.294. The lowest BCUT2D eigenvalue weighted by Gasteiger charge is -2.18. The molecular weight excluding hydrogens is 286 g/mol. The van der Waals surface area contributed by atoms with E-state index in [1.807, 2.05) is 6.07 Å². The van der Waals surface area contributed by atoms with E-state index in [9.17, 15) is 0 Å². The lowest BCUT2D eigenvalue weighted by Crippen LogP contribution is -2.20. The first-order valence-electron chi connectivity index (χ1n) is 8.36. The normalized spacial score (nSPS) is 12.0. The fraction of sp³-hybridized carbons (Fsp3) is 0.400. The SMILES string of the molecule is CCCOc1ccc(CNC(CC)c2ccccc2)cc1OC. The van der Waals surface area contributed by atoms with Crippen molar-refractivity contribution in [3.05, 3.63) is 59.7 Å². The van der Waals surface area contributed by atoms with E-state index < -0.39 is 0 Å². The molecule has 0 heterocycles. The van der Waals surface area contributed by atoms with Crippen molar-refractivity contribution in [3.8, 4) is 11.5 Å². The van der Waals surface area contributed by atoms with Crippen molar-refractivity contribution < 1.29 is 9.47 Å². The molecule has 1 atom stereocenters. The summed E-state index contributed by atoms with van der Waals surface area (Å²) in [5.74, 6) is 1.61. The van der Waals surface area contributed by atoms with Gasteiger partial charge in [-0.3, -0.25) is 0 Å². The summed E-state index contributed by atoms with van der Waals surface area (Å²) in [7, 11) is 1.68. The number of nitrogens with one attached hydrogen (secondary N) is 1. The molecule has 2 aromatic rings. The quantitative estimate of drug-likeness (QED) is 0.726. The molecule has 0 saturated heterocycles. The molecule has 2 rings (SSSR count). The second-order valence-electron chi connectivity index (χ2n) is 5.59. The molecule has 2 aromatic carbocycles. The van der Waals surface area contributed by atoms with Gasteiger partial charge in [0.1, 0.15) is 0 Å². The molecule has 0 saturated carbocycles. The molecule has 3 heteroatoms. The van der Waals surface area contributed by atoms with E-state index in [1.54, 1.807) is 7.11 Å². The fourth-order valence-corrected chi connectivity index (χ4v) is 2.58. The first-order valence-corrected chi connectivity index (χ1v) is 8.36. The van der Waals surface area contributed by atoms with Gasteiger partial charge in [-0.1, -0.05) is 50.2 Å². The Bertz CT molecular complexity index is 583. The minimum absolute atomic E-state index is 0.359. The Kier molecular flexibility index (Phi) is 6.95. The molecule has 0 radical (unpaired) electrons. The van der Waals surface area contributed by atoms with Gasteiger partial charge < -0.3 is 14.8 Å². The molecule has 0 aromatic heterocycles. The molecular formula is C20H27NO2. The smallest absolute Gasteiger partial charge is 0.161 e. The van der Waals surface area contributed by atoms with Crippen LogP contribution < -0.4 is 14.8 Å². The van der Waals surface area contributed by atoms with Gasteiger partial charge in [-0.05, 0) is 36.1 Å². The van der Waals surface area contributed by atoms with Crippen LogP contribution in [0.1, 0.15) is 43.9 Å². The second kappa shape index (κ2) is 9.21. The molecule has 0 aliphatic rings. The van der Waals surface area contributed by atoms with E-state index in [1.165, 1.54) is 11.1 Å². The maximum atomic E-state index is 5.70. The summed E-state index contributed by atoms with van der Waals surface area (Å²) in [6.07, 6.45) is 2.04. The third-order valence-electron chi connectivity index (χ3n) is 3.85. The zero-order valence-corrected chi connectivity index (χ0v) is 14.3. The molecule has 0 aliphatic carbocycles. The van der Waals surface area contributed by atoms with Crippen molar-refractivity contribution in [1.29, 1.82) is 0 Å². The highest BCUT2D eigenvalue weighted by Crippen LogP contribution is 2.28. The molecule has 124 valence electrons. The highest BCUT2D eigenvalue weighted by atomic mass is 16.5. The fourth-order valence-electron chi connectivity index (χ4n) is 2.58. The summed E-state index contributed by atoms with van der Waals surface area (Å²) in [5.41, 5.74) is 2.52. The van der Waals surface area contributed by atoms with Crippen molar-refractivity contribution in [2.24, 2.45) is 0 Å². The summed E-state index contributed by atoms with van der Waals surface area (Å²) in [4.78, 5) is 0. The summed E-state index contributed by atoms with van der Waals surface area (Å²) in [5, 5.41) is 3.62. The van der Waals surface area contributed by atoms with Gasteiger partial charge in [0, 0.05) is 12.6 Å². The topological polar surface area (TPSA) is 30.5 Å². The Morgan fingerprint density at radius 2 is 1.78 bits per heavy atom. The second-order valence-corrected chi connectivity index (χ2v) is 5.59. The minimum Gasteiger partial charge on any atom is -0.493 e. The van der Waals surface area contributed by atoms with Gasteiger partial charge in [-0.15, -0.1) is 0 Å². The Balaban J connectivity index is 2.02. The van der Waals surface area contributed by atoms with Crippen LogP contribution >= 0.6 is 0 Å². The first-order chi connectivity index (χ1) is 11.3. The Hall–Kier alpha value is -2.00. The van der Waals surface area contributed by atoms with Crippen molar-refractivity contribution in [1.82, 2.24) is 5.32 Å². The summed E-state index contributed by atoms with van der Waals surface area (Å²) in [6, 6.07) is 17.1. The number of rotatable bonds is 9. The van der Waals surface area contributed by atoms with Crippen LogP contribution in [0.4, 0.5) is 0 Å². The van der Waals surface area contributed by atoms with Gasteiger partial charge in [0.25, 0.3) is 0 Å². The number of methoxy groups -OCH3 is 1. The van der Waals surface area contributed by atoms with E-state index in [-0.39, 0.29) is 0 Å². The lowest BCUT2D eigenvalue weighted by atomic mass is 10.0. The molecule has 0 bridgehead atoms. The number of benzene rings is 2. The van der Waals surface area contributed by atoms with Crippen LogP contribution in [0.5, 0.6) is 11.5 Å². The van der Waals surface area contributed by atoms with Gasteiger partial charge in [-0.25, -0.2) is 0 Å². The zero-order chi connectivity index (χ0) is 16.5. The number of hydrogen-bond donors (Lipinski definition) is 1. The van der Waals surface area contributed by atoms with Crippen molar-refractivity contribution in [2.45, 2.75) is 39.3 Å². The van der Waals surface area contributed by atoms with Crippen LogP contribution in [0.15, 0.2) is 48.5 Å². The maximum Gasteiger partial charge on any atom is 0.161 e. The maximum absolute atomic E-state index is 5.70. The van der Waals surface area contributed by atoms with Gasteiger partial charge in [0.05, 0.1) is 13.7 Å². The summed E-state index contributed by atoms with van der Waals surface area (Å²) in [6.45, 7) is 5.81. The van der Waals surface area contributed by atoms with Crippen molar-refractivity contribution in [2.75, 3.05) is 13.7 Å². The third kappa shape index (κ3) is 5.00. The first kappa shape index (κ1) is 17.4. The van der Waals surface area contributed by atoms with Crippen molar-refractivity contribution >= 4 is 0 Å². The third-order valence-corrected chi connectivity index (χ3v) is 3.85. The van der Waals surface area contributed by atoms with Gasteiger partial charge >= 0.3 is 0 Å². The summed E-state index contributed by atoms with van der Waals surface area (Å²) < 4.78 is 11.2. The zero-order valence-electron chi connectivity index (χ0n) is 14.3. The van der Waals surface area contributed by atoms with Crippen LogP contribution in [0, 0.1) is 0 Å². The van der Waals surface area contributed by atoms with Crippen LogP contribution in [0.3, 0.4) is 0 Å². The Labute approximate surface area is 139 Å². The standard InChI is InChI=1S/C20H27NO2/c1-4-13-23-19-12-11-16(14-20(19)22-3)15-21-18(5-2)17-9-7-6-8-10-17/h6-12,14,18,21H,4-5,13,15H2,1-3H3. The molecule has 0 fully saturated rings. The average Bonchev–Trinajstić information content (AvgIpc) is 2.61. The van der Waals surface area contributed by atoms with E-state index in [4.69, 9.17) is 9.47 Å².